The molecule has 1 aliphatic rings. The minimum absolute atomic E-state index is 0.0613. The van der Waals surface area contributed by atoms with E-state index in [-0.39, 0.29) is 17.8 Å². The topological polar surface area (TPSA) is 20.3 Å². The van der Waals surface area contributed by atoms with Crippen LogP contribution >= 0.6 is 11.3 Å². The SMILES string of the molecule is CC(=O)N1CCc2sccc2C1c1ccc(F)cc1. The number of halogens is 1. The molecule has 0 N–H and O–H groups in total. The standard InChI is InChI=1S/C15H14FNOS/c1-10(18)17-8-6-14-13(7-9-19-14)15(17)11-2-4-12(16)5-3-11/h2-5,7,9,15H,6,8H2,1H3. The van der Waals surface area contributed by atoms with Crippen molar-refractivity contribution in [1.82, 2.24) is 4.90 Å². The van der Waals surface area contributed by atoms with Crippen LogP contribution in [0.15, 0.2) is 35.7 Å². The van der Waals surface area contributed by atoms with Crippen LogP contribution in [0, 0.1) is 5.82 Å². The van der Waals surface area contributed by atoms with E-state index in [9.17, 15) is 9.18 Å². The van der Waals surface area contributed by atoms with E-state index in [1.165, 1.54) is 22.6 Å². The molecule has 0 radical (unpaired) electrons. The Balaban J connectivity index is 2.08. The Bertz CT molecular complexity index is 605. The Labute approximate surface area is 115 Å². The molecule has 0 saturated carbocycles. The molecule has 0 aliphatic carbocycles. The quantitative estimate of drug-likeness (QED) is 0.781. The van der Waals surface area contributed by atoms with Crippen LogP contribution in [0.2, 0.25) is 0 Å². The van der Waals surface area contributed by atoms with Crippen LogP contribution in [0.1, 0.15) is 29.0 Å². The van der Waals surface area contributed by atoms with E-state index in [0.717, 1.165) is 18.5 Å². The normalized spacial score (nSPS) is 18.2. The number of amides is 1. The van der Waals surface area contributed by atoms with Crippen molar-refractivity contribution in [3.8, 4) is 0 Å². The van der Waals surface area contributed by atoms with Crippen molar-refractivity contribution in [2.75, 3.05) is 6.54 Å². The predicted octanol–water partition coefficient (Wildman–Crippen LogP) is 3.38. The van der Waals surface area contributed by atoms with Crippen molar-refractivity contribution >= 4 is 17.2 Å². The second-order valence-electron chi connectivity index (χ2n) is 4.72. The van der Waals surface area contributed by atoms with Gasteiger partial charge in [-0.05, 0) is 41.1 Å². The Kier molecular flexibility index (Phi) is 3.11. The van der Waals surface area contributed by atoms with Gasteiger partial charge in [-0.15, -0.1) is 11.3 Å². The lowest BCUT2D eigenvalue weighted by Crippen LogP contribution is -2.38. The Morgan fingerprint density at radius 2 is 2.05 bits per heavy atom. The number of benzene rings is 1. The van der Waals surface area contributed by atoms with Gasteiger partial charge in [-0.2, -0.15) is 0 Å². The first-order chi connectivity index (χ1) is 9.16. The van der Waals surface area contributed by atoms with Crippen molar-refractivity contribution in [3.05, 3.63) is 57.5 Å². The number of nitrogens with zero attached hydrogens (tertiary/aromatic N) is 1. The summed E-state index contributed by atoms with van der Waals surface area (Å²) in [5, 5.41) is 2.06. The molecule has 3 rings (SSSR count). The number of carbonyl (C=O) groups is 1. The summed E-state index contributed by atoms with van der Waals surface area (Å²) in [6.45, 7) is 2.32. The first-order valence-electron chi connectivity index (χ1n) is 6.26. The van der Waals surface area contributed by atoms with Gasteiger partial charge in [-0.25, -0.2) is 4.39 Å². The van der Waals surface area contributed by atoms with Crippen LogP contribution in [0.5, 0.6) is 0 Å². The second kappa shape index (κ2) is 4.78. The summed E-state index contributed by atoms with van der Waals surface area (Å²) in [5.41, 5.74) is 2.15. The maximum atomic E-state index is 13.1. The minimum Gasteiger partial charge on any atom is -0.331 e. The minimum atomic E-state index is -0.250. The van der Waals surface area contributed by atoms with E-state index in [0.29, 0.717) is 0 Å². The highest BCUT2D eigenvalue weighted by Crippen LogP contribution is 2.37. The molecule has 1 atom stereocenters. The fourth-order valence-corrected chi connectivity index (χ4v) is 3.56. The summed E-state index contributed by atoms with van der Waals surface area (Å²) < 4.78 is 13.1. The highest BCUT2D eigenvalue weighted by molar-refractivity contribution is 7.10. The largest absolute Gasteiger partial charge is 0.331 e. The molecule has 0 bridgehead atoms. The third-order valence-electron chi connectivity index (χ3n) is 3.56. The molecule has 0 saturated heterocycles. The third-order valence-corrected chi connectivity index (χ3v) is 4.55. The van der Waals surface area contributed by atoms with Crippen LogP contribution in [0.25, 0.3) is 0 Å². The molecule has 1 amide bonds. The van der Waals surface area contributed by atoms with Crippen molar-refractivity contribution in [3.63, 3.8) is 0 Å². The van der Waals surface area contributed by atoms with Gasteiger partial charge in [-0.3, -0.25) is 4.79 Å². The van der Waals surface area contributed by atoms with Gasteiger partial charge < -0.3 is 4.90 Å². The number of thiophene rings is 1. The molecular weight excluding hydrogens is 261 g/mol. The van der Waals surface area contributed by atoms with Crippen LogP contribution in [-0.2, 0) is 11.2 Å². The van der Waals surface area contributed by atoms with Gasteiger partial charge in [0.25, 0.3) is 0 Å². The fourth-order valence-electron chi connectivity index (χ4n) is 2.66. The lowest BCUT2D eigenvalue weighted by Gasteiger charge is -2.35. The maximum absolute atomic E-state index is 13.1. The summed E-state index contributed by atoms with van der Waals surface area (Å²) in [4.78, 5) is 15.0. The molecule has 2 nitrogen and oxygen atoms in total. The molecule has 2 aromatic rings. The molecule has 1 aromatic heterocycles. The number of fused-ring (bicyclic) bond motifs is 1. The molecule has 4 heteroatoms. The molecule has 19 heavy (non-hydrogen) atoms. The molecule has 1 aliphatic heterocycles. The third kappa shape index (κ3) is 2.16. The van der Waals surface area contributed by atoms with Gasteiger partial charge in [-0.1, -0.05) is 12.1 Å². The second-order valence-corrected chi connectivity index (χ2v) is 5.72. The number of carbonyl (C=O) groups excluding carboxylic acids is 1. The predicted molar refractivity (Wildman–Crippen MR) is 73.7 cm³/mol. The average Bonchev–Trinajstić information content (AvgIpc) is 2.86. The van der Waals surface area contributed by atoms with E-state index in [1.54, 1.807) is 30.4 Å². The van der Waals surface area contributed by atoms with Crippen molar-refractivity contribution in [2.24, 2.45) is 0 Å². The van der Waals surface area contributed by atoms with Crippen molar-refractivity contribution in [2.45, 2.75) is 19.4 Å². The van der Waals surface area contributed by atoms with Crippen molar-refractivity contribution < 1.29 is 9.18 Å². The smallest absolute Gasteiger partial charge is 0.220 e. The van der Waals surface area contributed by atoms with E-state index >= 15 is 0 Å². The van der Waals surface area contributed by atoms with Gasteiger partial charge in [0, 0.05) is 18.3 Å². The molecule has 2 heterocycles. The van der Waals surface area contributed by atoms with E-state index in [2.05, 4.69) is 11.4 Å². The summed E-state index contributed by atoms with van der Waals surface area (Å²) >= 11 is 1.73. The number of hydrogen-bond donors (Lipinski definition) is 0. The zero-order valence-corrected chi connectivity index (χ0v) is 11.4. The summed E-state index contributed by atoms with van der Waals surface area (Å²) in [6.07, 6.45) is 0.907. The van der Waals surface area contributed by atoms with Gasteiger partial charge in [0.15, 0.2) is 0 Å². The van der Waals surface area contributed by atoms with Crippen LogP contribution < -0.4 is 0 Å². The van der Waals surface area contributed by atoms with Gasteiger partial charge in [0.2, 0.25) is 5.91 Å². The summed E-state index contributed by atoms with van der Waals surface area (Å²) in [7, 11) is 0. The van der Waals surface area contributed by atoms with Crippen LogP contribution in [-0.4, -0.2) is 17.4 Å². The Morgan fingerprint density at radius 3 is 2.74 bits per heavy atom. The first-order valence-corrected chi connectivity index (χ1v) is 7.13. The molecule has 0 spiro atoms. The van der Waals surface area contributed by atoms with Crippen LogP contribution in [0.4, 0.5) is 4.39 Å². The zero-order chi connectivity index (χ0) is 13.4. The molecule has 1 unspecified atom stereocenters. The highest BCUT2D eigenvalue weighted by atomic mass is 32.1. The summed E-state index contributed by atoms with van der Waals surface area (Å²) in [5.74, 6) is -0.189. The fraction of sp³-hybridized carbons (Fsp3) is 0.267. The van der Waals surface area contributed by atoms with Gasteiger partial charge >= 0.3 is 0 Å². The number of rotatable bonds is 1. The molecular formula is C15H14FNOS. The lowest BCUT2D eigenvalue weighted by atomic mass is 9.93. The first kappa shape index (κ1) is 12.4. The number of hydrogen-bond acceptors (Lipinski definition) is 2. The molecule has 1 aromatic carbocycles. The van der Waals surface area contributed by atoms with E-state index < -0.39 is 0 Å². The Morgan fingerprint density at radius 1 is 1.32 bits per heavy atom. The average molecular weight is 275 g/mol. The molecule has 0 fully saturated rings. The summed E-state index contributed by atoms with van der Waals surface area (Å²) in [6, 6.07) is 8.44. The van der Waals surface area contributed by atoms with E-state index in [1.807, 2.05) is 4.90 Å². The van der Waals surface area contributed by atoms with Crippen LogP contribution in [0.3, 0.4) is 0 Å². The lowest BCUT2D eigenvalue weighted by molar-refractivity contribution is -0.130. The van der Waals surface area contributed by atoms with Gasteiger partial charge in [0.1, 0.15) is 5.82 Å². The zero-order valence-electron chi connectivity index (χ0n) is 10.6. The van der Waals surface area contributed by atoms with E-state index in [4.69, 9.17) is 0 Å². The maximum Gasteiger partial charge on any atom is 0.220 e. The Hall–Kier alpha value is -1.68. The van der Waals surface area contributed by atoms with Gasteiger partial charge in [0.05, 0.1) is 6.04 Å². The van der Waals surface area contributed by atoms with Crippen molar-refractivity contribution in [1.29, 1.82) is 0 Å². The monoisotopic (exact) mass is 275 g/mol. The highest BCUT2D eigenvalue weighted by Gasteiger charge is 2.30. The molecule has 98 valence electrons.